The highest BCUT2D eigenvalue weighted by Gasteiger charge is 2.45. The minimum Gasteiger partial charge on any atom is -0.353 e. The van der Waals surface area contributed by atoms with E-state index >= 15 is 0 Å². The largest absolute Gasteiger partial charge is 0.353 e. The summed E-state index contributed by atoms with van der Waals surface area (Å²) in [4.78, 5) is 11.7. The number of hydrogen-bond donors (Lipinski definition) is 3. The summed E-state index contributed by atoms with van der Waals surface area (Å²) in [6.45, 7) is 0.364. The van der Waals surface area contributed by atoms with E-state index in [2.05, 4.69) is 10.0 Å². The van der Waals surface area contributed by atoms with E-state index < -0.39 is 15.6 Å². The molecule has 1 amide bonds. The molecular formula is C12H17N3O3S. The first-order valence-electron chi connectivity index (χ1n) is 6.06. The van der Waals surface area contributed by atoms with Gasteiger partial charge < -0.3 is 11.1 Å². The highest BCUT2D eigenvalue weighted by molar-refractivity contribution is 7.89. The second-order valence-electron chi connectivity index (χ2n) is 4.62. The molecule has 1 aromatic carbocycles. The first-order valence-corrected chi connectivity index (χ1v) is 7.54. The van der Waals surface area contributed by atoms with Crippen molar-refractivity contribution in [2.75, 3.05) is 13.1 Å². The lowest BCUT2D eigenvalue weighted by Gasteiger charge is -2.10. The van der Waals surface area contributed by atoms with Gasteiger partial charge in [-0.3, -0.25) is 4.79 Å². The van der Waals surface area contributed by atoms with E-state index in [1.165, 1.54) is 12.1 Å². The Morgan fingerprint density at radius 3 is 2.42 bits per heavy atom. The molecule has 2 rings (SSSR count). The van der Waals surface area contributed by atoms with Gasteiger partial charge in [-0.05, 0) is 25.0 Å². The van der Waals surface area contributed by atoms with E-state index in [9.17, 15) is 13.2 Å². The Morgan fingerprint density at radius 2 is 1.84 bits per heavy atom. The lowest BCUT2D eigenvalue weighted by atomic mass is 10.3. The van der Waals surface area contributed by atoms with Gasteiger partial charge in [-0.15, -0.1) is 0 Å². The summed E-state index contributed by atoms with van der Waals surface area (Å²) in [6.07, 6.45) is 1.38. The minimum absolute atomic E-state index is 0.138. The van der Waals surface area contributed by atoms with Crippen molar-refractivity contribution in [3.63, 3.8) is 0 Å². The predicted octanol–water partition coefficient (Wildman–Crippen LogP) is -0.428. The molecule has 1 fully saturated rings. The number of sulfonamides is 1. The van der Waals surface area contributed by atoms with Crippen molar-refractivity contribution < 1.29 is 13.2 Å². The number of hydrogen-bond acceptors (Lipinski definition) is 4. The van der Waals surface area contributed by atoms with Crippen LogP contribution in [0.25, 0.3) is 0 Å². The highest BCUT2D eigenvalue weighted by Crippen LogP contribution is 2.31. The van der Waals surface area contributed by atoms with Gasteiger partial charge in [0.2, 0.25) is 15.9 Å². The fraction of sp³-hybridized carbons (Fsp3) is 0.417. The van der Waals surface area contributed by atoms with Crippen molar-refractivity contribution in [3.05, 3.63) is 30.3 Å². The molecule has 19 heavy (non-hydrogen) atoms. The van der Waals surface area contributed by atoms with Crippen LogP contribution in [-0.4, -0.2) is 33.0 Å². The molecule has 0 saturated heterocycles. The number of carbonyl (C=O) groups is 1. The minimum atomic E-state index is -3.51. The zero-order valence-electron chi connectivity index (χ0n) is 10.4. The van der Waals surface area contributed by atoms with Gasteiger partial charge in [0.25, 0.3) is 0 Å². The van der Waals surface area contributed by atoms with Crippen molar-refractivity contribution in [2.45, 2.75) is 23.3 Å². The Bertz CT molecular complexity index is 553. The van der Waals surface area contributed by atoms with E-state index in [1.54, 1.807) is 18.2 Å². The highest BCUT2D eigenvalue weighted by atomic mass is 32.2. The second-order valence-corrected chi connectivity index (χ2v) is 6.39. The topological polar surface area (TPSA) is 101 Å². The average Bonchev–Trinajstić information content (AvgIpc) is 3.15. The molecule has 0 radical (unpaired) electrons. The maximum absolute atomic E-state index is 11.8. The summed E-state index contributed by atoms with van der Waals surface area (Å²) in [5.74, 6) is -0.216. The van der Waals surface area contributed by atoms with Crippen LogP contribution in [0.5, 0.6) is 0 Å². The number of amides is 1. The van der Waals surface area contributed by atoms with E-state index in [4.69, 9.17) is 5.73 Å². The molecule has 1 aliphatic carbocycles. The number of nitrogens with one attached hydrogen (secondary N) is 2. The molecule has 104 valence electrons. The maximum atomic E-state index is 11.8. The Morgan fingerprint density at radius 1 is 1.21 bits per heavy atom. The summed E-state index contributed by atoms with van der Waals surface area (Å²) in [5.41, 5.74) is 4.97. The van der Waals surface area contributed by atoms with Crippen LogP contribution in [0.2, 0.25) is 0 Å². The van der Waals surface area contributed by atoms with Crippen molar-refractivity contribution in [2.24, 2.45) is 5.73 Å². The van der Waals surface area contributed by atoms with Crippen LogP contribution in [0.15, 0.2) is 35.2 Å². The van der Waals surface area contributed by atoms with Gasteiger partial charge in [0.1, 0.15) is 0 Å². The molecule has 0 spiro atoms. The third-order valence-electron chi connectivity index (χ3n) is 3.00. The van der Waals surface area contributed by atoms with Crippen molar-refractivity contribution in [1.82, 2.24) is 10.0 Å². The molecule has 1 saturated carbocycles. The molecular weight excluding hydrogens is 266 g/mol. The van der Waals surface area contributed by atoms with Crippen molar-refractivity contribution in [3.8, 4) is 0 Å². The van der Waals surface area contributed by atoms with Gasteiger partial charge in [-0.25, -0.2) is 13.1 Å². The number of benzene rings is 1. The molecule has 0 heterocycles. The Kier molecular flexibility index (Phi) is 3.88. The number of rotatable bonds is 6. The SMILES string of the molecule is NC1(C(=O)NCCNS(=O)(=O)c2ccccc2)CC1. The first-order chi connectivity index (χ1) is 8.94. The quantitative estimate of drug-likeness (QED) is 0.617. The molecule has 1 aliphatic rings. The smallest absolute Gasteiger partial charge is 0.240 e. The zero-order valence-corrected chi connectivity index (χ0v) is 11.2. The van der Waals surface area contributed by atoms with Crippen LogP contribution in [0, 0.1) is 0 Å². The summed E-state index contributed by atoms with van der Waals surface area (Å²) in [7, 11) is -3.51. The van der Waals surface area contributed by atoms with Crippen LogP contribution in [0.1, 0.15) is 12.8 Å². The summed E-state index contributed by atoms with van der Waals surface area (Å²) in [6, 6.07) is 8.08. The molecule has 0 aromatic heterocycles. The maximum Gasteiger partial charge on any atom is 0.240 e. The van der Waals surface area contributed by atoms with Crippen LogP contribution < -0.4 is 15.8 Å². The fourth-order valence-electron chi connectivity index (χ4n) is 1.58. The van der Waals surface area contributed by atoms with Crippen LogP contribution >= 0.6 is 0 Å². The third-order valence-corrected chi connectivity index (χ3v) is 4.47. The lowest BCUT2D eigenvalue weighted by Crippen LogP contribution is -2.45. The molecule has 7 heteroatoms. The van der Waals surface area contributed by atoms with Crippen molar-refractivity contribution >= 4 is 15.9 Å². The molecule has 0 aliphatic heterocycles. The number of carbonyl (C=O) groups excluding carboxylic acids is 1. The molecule has 0 unspecified atom stereocenters. The fourth-order valence-corrected chi connectivity index (χ4v) is 2.64. The lowest BCUT2D eigenvalue weighted by molar-refractivity contribution is -0.123. The molecule has 1 aromatic rings. The van der Waals surface area contributed by atoms with Crippen molar-refractivity contribution in [1.29, 1.82) is 0 Å². The molecule has 6 nitrogen and oxygen atoms in total. The zero-order chi connectivity index (χ0) is 13.9. The normalized spacial score (nSPS) is 16.9. The van der Waals surface area contributed by atoms with Gasteiger partial charge in [0.05, 0.1) is 10.4 Å². The van der Waals surface area contributed by atoms with Gasteiger partial charge in [-0.1, -0.05) is 18.2 Å². The van der Waals surface area contributed by atoms with Crippen LogP contribution in [0.4, 0.5) is 0 Å². The van der Waals surface area contributed by atoms with Gasteiger partial charge >= 0.3 is 0 Å². The Labute approximate surface area is 112 Å². The summed E-state index contributed by atoms with van der Waals surface area (Å²) in [5, 5.41) is 2.62. The van der Waals surface area contributed by atoms with E-state index in [-0.39, 0.29) is 23.9 Å². The first kappa shape index (κ1) is 14.0. The van der Waals surface area contributed by atoms with E-state index in [1.807, 2.05) is 0 Å². The van der Waals surface area contributed by atoms with E-state index in [0.717, 1.165) is 0 Å². The third kappa shape index (κ3) is 3.52. The standard InChI is InChI=1S/C12H17N3O3S/c13-12(6-7-12)11(16)14-8-9-15-19(17,18)10-4-2-1-3-5-10/h1-5,15H,6-9,13H2,(H,14,16). The summed E-state index contributed by atoms with van der Waals surface area (Å²) < 4.78 is 26.1. The van der Waals surface area contributed by atoms with Gasteiger partial charge in [-0.2, -0.15) is 0 Å². The Balaban J connectivity index is 1.78. The molecule has 4 N–H and O–H groups in total. The Hall–Kier alpha value is -1.44. The van der Waals surface area contributed by atoms with Crippen LogP contribution in [-0.2, 0) is 14.8 Å². The molecule has 0 bridgehead atoms. The van der Waals surface area contributed by atoms with Gasteiger partial charge in [0, 0.05) is 13.1 Å². The summed E-state index contributed by atoms with van der Waals surface area (Å²) >= 11 is 0. The van der Waals surface area contributed by atoms with Gasteiger partial charge in [0.15, 0.2) is 0 Å². The average molecular weight is 283 g/mol. The predicted molar refractivity (Wildman–Crippen MR) is 70.8 cm³/mol. The van der Waals surface area contributed by atoms with E-state index in [0.29, 0.717) is 12.8 Å². The molecule has 0 atom stereocenters. The number of nitrogens with two attached hydrogens (primary N) is 1. The van der Waals surface area contributed by atoms with Crippen LogP contribution in [0.3, 0.4) is 0 Å². The monoisotopic (exact) mass is 283 g/mol. The second kappa shape index (κ2) is 5.28.